The van der Waals surface area contributed by atoms with E-state index in [4.69, 9.17) is 22.1 Å². The lowest BCUT2D eigenvalue weighted by Gasteiger charge is -1.98. The highest BCUT2D eigenvalue weighted by molar-refractivity contribution is 7.15. The molecule has 3 nitrogen and oxygen atoms in total. The topological polar surface area (TPSA) is 52.3 Å². The molecule has 12 heavy (non-hydrogen) atoms. The third-order valence-electron chi connectivity index (χ3n) is 1.25. The lowest BCUT2D eigenvalue weighted by Crippen LogP contribution is -2.03. The number of hydrogen-bond donors (Lipinski definition) is 1. The minimum Gasteiger partial charge on any atom is -0.462 e. The van der Waals surface area contributed by atoms with E-state index in [-0.39, 0.29) is 0 Å². The zero-order valence-electron chi connectivity index (χ0n) is 6.46. The third kappa shape index (κ3) is 1.70. The van der Waals surface area contributed by atoms with Crippen LogP contribution in [0.4, 0.5) is 5.00 Å². The second-order valence-electron chi connectivity index (χ2n) is 2.05. The predicted molar refractivity (Wildman–Crippen MR) is 49.7 cm³/mol. The number of thiophene rings is 1. The molecule has 0 fully saturated rings. The molecule has 1 aromatic rings. The molecule has 0 amide bonds. The van der Waals surface area contributed by atoms with E-state index in [0.717, 1.165) is 0 Å². The largest absolute Gasteiger partial charge is 0.462 e. The van der Waals surface area contributed by atoms with Gasteiger partial charge in [0, 0.05) is 5.38 Å². The van der Waals surface area contributed by atoms with Crippen LogP contribution in [0.5, 0.6) is 0 Å². The standard InChI is InChI=1S/C7H8ClNO2S/c1-2-11-7(10)4-3-12-6(9)5(4)8/h3H,2,9H2,1H3. The zero-order valence-corrected chi connectivity index (χ0v) is 8.04. The summed E-state index contributed by atoms with van der Waals surface area (Å²) in [7, 11) is 0. The number of hydrogen-bond acceptors (Lipinski definition) is 4. The number of esters is 1. The van der Waals surface area contributed by atoms with Gasteiger partial charge < -0.3 is 10.5 Å². The second-order valence-corrected chi connectivity index (χ2v) is 3.34. The summed E-state index contributed by atoms with van der Waals surface area (Å²) in [5, 5.41) is 2.33. The lowest BCUT2D eigenvalue weighted by atomic mass is 10.3. The molecule has 0 aliphatic heterocycles. The first-order valence-electron chi connectivity index (χ1n) is 3.36. The summed E-state index contributed by atoms with van der Waals surface area (Å²) in [5.41, 5.74) is 5.80. The van der Waals surface area contributed by atoms with Gasteiger partial charge in [-0.1, -0.05) is 11.6 Å². The van der Waals surface area contributed by atoms with Crippen LogP contribution in [0.2, 0.25) is 5.02 Å². The fourth-order valence-corrected chi connectivity index (χ4v) is 1.71. The number of halogens is 1. The van der Waals surface area contributed by atoms with Gasteiger partial charge in [-0.3, -0.25) is 0 Å². The van der Waals surface area contributed by atoms with E-state index in [1.165, 1.54) is 11.3 Å². The van der Waals surface area contributed by atoms with Gasteiger partial charge in [-0.25, -0.2) is 4.79 Å². The molecule has 0 saturated heterocycles. The Bertz CT molecular complexity index is 298. The van der Waals surface area contributed by atoms with E-state index in [9.17, 15) is 4.79 Å². The van der Waals surface area contributed by atoms with Gasteiger partial charge in [0.2, 0.25) is 0 Å². The minimum absolute atomic E-state index is 0.290. The smallest absolute Gasteiger partial charge is 0.340 e. The summed E-state index contributed by atoms with van der Waals surface area (Å²) >= 11 is 6.95. The van der Waals surface area contributed by atoms with Crippen molar-refractivity contribution in [3.8, 4) is 0 Å². The van der Waals surface area contributed by atoms with E-state index in [2.05, 4.69) is 0 Å². The maximum absolute atomic E-state index is 11.1. The van der Waals surface area contributed by atoms with E-state index in [1.807, 2.05) is 0 Å². The molecule has 0 unspecified atom stereocenters. The van der Waals surface area contributed by atoms with Gasteiger partial charge in [0.25, 0.3) is 0 Å². The molecule has 2 N–H and O–H groups in total. The van der Waals surface area contributed by atoms with Crippen LogP contribution in [-0.4, -0.2) is 12.6 Å². The molecule has 0 saturated carbocycles. The van der Waals surface area contributed by atoms with Crippen LogP contribution in [0.1, 0.15) is 17.3 Å². The molecule has 1 aromatic heterocycles. The van der Waals surface area contributed by atoms with Crippen molar-refractivity contribution in [2.24, 2.45) is 0 Å². The molecule has 1 heterocycles. The molecular formula is C7H8ClNO2S. The minimum atomic E-state index is -0.421. The molecule has 0 aromatic carbocycles. The highest BCUT2D eigenvalue weighted by atomic mass is 35.5. The van der Waals surface area contributed by atoms with Crippen molar-refractivity contribution < 1.29 is 9.53 Å². The fraction of sp³-hybridized carbons (Fsp3) is 0.286. The number of ether oxygens (including phenoxy) is 1. The summed E-state index contributed by atoms with van der Waals surface area (Å²) in [5.74, 6) is -0.421. The Balaban J connectivity index is 2.88. The van der Waals surface area contributed by atoms with Gasteiger partial charge in [-0.15, -0.1) is 11.3 Å². The van der Waals surface area contributed by atoms with Gasteiger partial charge >= 0.3 is 5.97 Å². The van der Waals surface area contributed by atoms with E-state index >= 15 is 0 Å². The maximum atomic E-state index is 11.1. The maximum Gasteiger partial charge on any atom is 0.340 e. The number of carbonyl (C=O) groups excluding carboxylic acids is 1. The number of nitrogens with two attached hydrogens (primary N) is 1. The molecule has 66 valence electrons. The fourth-order valence-electron chi connectivity index (χ4n) is 0.705. The Hall–Kier alpha value is -0.740. The van der Waals surface area contributed by atoms with Crippen LogP contribution in [0.15, 0.2) is 5.38 Å². The summed E-state index contributed by atoms with van der Waals surface area (Å²) in [4.78, 5) is 11.1. The van der Waals surface area contributed by atoms with Crippen molar-refractivity contribution in [1.29, 1.82) is 0 Å². The molecule has 0 bridgehead atoms. The molecule has 0 atom stereocenters. The van der Waals surface area contributed by atoms with E-state index in [1.54, 1.807) is 12.3 Å². The van der Waals surface area contributed by atoms with Crippen molar-refractivity contribution in [2.45, 2.75) is 6.92 Å². The van der Waals surface area contributed by atoms with E-state index < -0.39 is 5.97 Å². The van der Waals surface area contributed by atoms with Crippen LogP contribution >= 0.6 is 22.9 Å². The Morgan fingerprint density at radius 3 is 2.92 bits per heavy atom. The summed E-state index contributed by atoms with van der Waals surface area (Å²) < 4.78 is 4.75. The highest BCUT2D eigenvalue weighted by Crippen LogP contribution is 2.30. The van der Waals surface area contributed by atoms with Crippen LogP contribution < -0.4 is 5.73 Å². The van der Waals surface area contributed by atoms with Gasteiger partial charge in [0.1, 0.15) is 5.00 Å². The average molecular weight is 206 g/mol. The first-order chi connectivity index (χ1) is 5.66. The lowest BCUT2D eigenvalue weighted by molar-refractivity contribution is 0.0527. The Morgan fingerprint density at radius 2 is 2.50 bits per heavy atom. The first kappa shape index (κ1) is 9.35. The van der Waals surface area contributed by atoms with Crippen molar-refractivity contribution in [3.63, 3.8) is 0 Å². The SMILES string of the molecule is CCOC(=O)c1csc(N)c1Cl. The van der Waals surface area contributed by atoms with Crippen molar-refractivity contribution in [2.75, 3.05) is 12.3 Å². The molecule has 0 radical (unpaired) electrons. The molecular weight excluding hydrogens is 198 g/mol. The molecule has 0 aliphatic carbocycles. The monoisotopic (exact) mass is 205 g/mol. The zero-order chi connectivity index (χ0) is 9.14. The van der Waals surface area contributed by atoms with Gasteiger partial charge in [0.05, 0.1) is 17.2 Å². The number of nitrogen functional groups attached to an aromatic ring is 1. The van der Waals surface area contributed by atoms with Gasteiger partial charge in [0.15, 0.2) is 0 Å². The van der Waals surface area contributed by atoms with Crippen LogP contribution in [0.3, 0.4) is 0 Å². The van der Waals surface area contributed by atoms with Crippen molar-refractivity contribution >= 4 is 33.9 Å². The number of carbonyl (C=O) groups is 1. The molecule has 5 heteroatoms. The molecule has 1 rings (SSSR count). The Kier molecular flexibility index (Phi) is 2.94. The molecule has 0 spiro atoms. The number of anilines is 1. The summed E-state index contributed by atoms with van der Waals surface area (Å²) in [6.07, 6.45) is 0. The number of rotatable bonds is 2. The van der Waals surface area contributed by atoms with Gasteiger partial charge in [-0.05, 0) is 6.92 Å². The van der Waals surface area contributed by atoms with Gasteiger partial charge in [-0.2, -0.15) is 0 Å². The Labute approximate surface area is 79.1 Å². The normalized spacial score (nSPS) is 9.83. The van der Waals surface area contributed by atoms with Crippen molar-refractivity contribution in [3.05, 3.63) is 16.0 Å². The Morgan fingerprint density at radius 1 is 1.83 bits per heavy atom. The van der Waals surface area contributed by atoms with Crippen LogP contribution in [0.25, 0.3) is 0 Å². The van der Waals surface area contributed by atoms with Crippen LogP contribution in [0, 0.1) is 0 Å². The third-order valence-corrected chi connectivity index (χ3v) is 2.58. The average Bonchev–Trinajstić information content (AvgIpc) is 2.34. The predicted octanol–water partition coefficient (Wildman–Crippen LogP) is 2.16. The van der Waals surface area contributed by atoms with Crippen LogP contribution in [-0.2, 0) is 4.74 Å². The van der Waals surface area contributed by atoms with Crippen molar-refractivity contribution in [1.82, 2.24) is 0 Å². The first-order valence-corrected chi connectivity index (χ1v) is 4.62. The van der Waals surface area contributed by atoms with E-state index in [0.29, 0.717) is 22.2 Å². The quantitative estimate of drug-likeness (QED) is 0.753. The molecule has 0 aliphatic rings. The second kappa shape index (κ2) is 3.78. The summed E-state index contributed by atoms with van der Waals surface area (Å²) in [6, 6.07) is 0. The highest BCUT2D eigenvalue weighted by Gasteiger charge is 2.14. The summed E-state index contributed by atoms with van der Waals surface area (Å²) in [6.45, 7) is 2.08.